The number of hydrogen-bond acceptors (Lipinski definition) is 3. The van der Waals surface area contributed by atoms with Crippen LogP contribution in [0.5, 0.6) is 0 Å². The van der Waals surface area contributed by atoms with Crippen LogP contribution in [0.25, 0.3) is 0 Å². The topological polar surface area (TPSA) is 78.4 Å². The van der Waals surface area contributed by atoms with Crippen molar-refractivity contribution < 1.29 is 14.7 Å². The standard InChI is InChI=1S/C19H28N2O3/c1-14(16-10-6-3-7-11-16)18(23)21-17(13-22)19(24)20-12-15-8-4-2-5-9-15/h3,6-7,10-11,14-15,17,22H,2,4-5,8-9,12-13H2,1H3,(H,20,24)(H,21,23)/t14?,17-/m0/s1. The van der Waals surface area contributed by atoms with Crippen LogP contribution >= 0.6 is 0 Å². The predicted molar refractivity (Wildman–Crippen MR) is 93.5 cm³/mol. The first-order valence-electron chi connectivity index (χ1n) is 8.85. The fraction of sp³-hybridized carbons (Fsp3) is 0.579. The Morgan fingerprint density at radius 1 is 1.12 bits per heavy atom. The maximum atomic E-state index is 12.3. The van der Waals surface area contributed by atoms with Gasteiger partial charge < -0.3 is 15.7 Å². The number of carbonyl (C=O) groups is 2. The van der Waals surface area contributed by atoms with Crippen LogP contribution in [0.15, 0.2) is 30.3 Å². The van der Waals surface area contributed by atoms with E-state index in [4.69, 9.17) is 0 Å². The third kappa shape index (κ3) is 5.34. The number of carbonyl (C=O) groups excluding carboxylic acids is 2. The Hall–Kier alpha value is -1.88. The highest BCUT2D eigenvalue weighted by Gasteiger charge is 2.24. The van der Waals surface area contributed by atoms with Gasteiger partial charge in [-0.05, 0) is 31.2 Å². The molecule has 1 fully saturated rings. The SMILES string of the molecule is CC(C(=O)N[C@@H](CO)C(=O)NCC1CCCCC1)c1ccccc1. The minimum Gasteiger partial charge on any atom is -0.394 e. The normalized spacial score (nSPS) is 17.8. The molecule has 0 aromatic heterocycles. The first-order valence-corrected chi connectivity index (χ1v) is 8.85. The summed E-state index contributed by atoms with van der Waals surface area (Å²) < 4.78 is 0. The third-order valence-electron chi connectivity index (χ3n) is 4.80. The van der Waals surface area contributed by atoms with Gasteiger partial charge in [0.2, 0.25) is 11.8 Å². The largest absolute Gasteiger partial charge is 0.394 e. The summed E-state index contributed by atoms with van der Waals surface area (Å²) >= 11 is 0. The van der Waals surface area contributed by atoms with Crippen molar-refractivity contribution in [3.8, 4) is 0 Å². The lowest BCUT2D eigenvalue weighted by Crippen LogP contribution is -2.50. The molecule has 132 valence electrons. The van der Waals surface area contributed by atoms with Crippen LogP contribution in [0.1, 0.15) is 50.5 Å². The van der Waals surface area contributed by atoms with Gasteiger partial charge in [0.1, 0.15) is 6.04 Å². The van der Waals surface area contributed by atoms with Crippen molar-refractivity contribution in [1.29, 1.82) is 0 Å². The molecule has 0 heterocycles. The minimum atomic E-state index is -0.896. The van der Waals surface area contributed by atoms with Gasteiger partial charge in [-0.1, -0.05) is 49.6 Å². The summed E-state index contributed by atoms with van der Waals surface area (Å²) in [7, 11) is 0. The molecular weight excluding hydrogens is 304 g/mol. The lowest BCUT2D eigenvalue weighted by molar-refractivity contribution is -0.130. The summed E-state index contributed by atoms with van der Waals surface area (Å²) in [5.41, 5.74) is 0.884. The molecule has 1 aromatic carbocycles. The Labute approximate surface area is 143 Å². The van der Waals surface area contributed by atoms with Crippen LogP contribution in [0.2, 0.25) is 0 Å². The van der Waals surface area contributed by atoms with E-state index in [0.29, 0.717) is 12.5 Å². The Kier molecular flexibility index (Phi) is 7.25. The molecule has 0 saturated heterocycles. The number of benzene rings is 1. The molecular formula is C19H28N2O3. The van der Waals surface area contributed by atoms with Crippen molar-refractivity contribution in [3.05, 3.63) is 35.9 Å². The van der Waals surface area contributed by atoms with Crippen LogP contribution in [0.4, 0.5) is 0 Å². The molecule has 5 heteroatoms. The highest BCUT2D eigenvalue weighted by molar-refractivity contribution is 5.90. The zero-order valence-electron chi connectivity index (χ0n) is 14.3. The zero-order chi connectivity index (χ0) is 17.4. The molecule has 2 amide bonds. The van der Waals surface area contributed by atoms with Crippen molar-refractivity contribution in [1.82, 2.24) is 10.6 Å². The zero-order valence-corrected chi connectivity index (χ0v) is 14.3. The van der Waals surface area contributed by atoms with Crippen LogP contribution in [-0.4, -0.2) is 36.1 Å². The van der Waals surface area contributed by atoms with Crippen molar-refractivity contribution >= 4 is 11.8 Å². The highest BCUT2D eigenvalue weighted by atomic mass is 16.3. The van der Waals surface area contributed by atoms with Crippen molar-refractivity contribution in [2.75, 3.05) is 13.2 Å². The van der Waals surface area contributed by atoms with E-state index in [1.54, 1.807) is 6.92 Å². The molecule has 0 aliphatic heterocycles. The van der Waals surface area contributed by atoms with E-state index in [0.717, 1.165) is 18.4 Å². The van der Waals surface area contributed by atoms with Crippen molar-refractivity contribution in [2.24, 2.45) is 5.92 Å². The van der Waals surface area contributed by atoms with Crippen LogP contribution in [0, 0.1) is 5.92 Å². The maximum absolute atomic E-state index is 12.3. The number of aliphatic hydroxyl groups excluding tert-OH is 1. The highest BCUT2D eigenvalue weighted by Crippen LogP contribution is 2.22. The fourth-order valence-corrected chi connectivity index (χ4v) is 3.14. The number of rotatable bonds is 7. The Morgan fingerprint density at radius 2 is 1.79 bits per heavy atom. The van der Waals surface area contributed by atoms with Crippen LogP contribution in [0.3, 0.4) is 0 Å². The average Bonchev–Trinajstić information content (AvgIpc) is 2.64. The van der Waals surface area contributed by atoms with E-state index in [1.165, 1.54) is 19.3 Å². The molecule has 0 bridgehead atoms. The monoisotopic (exact) mass is 332 g/mol. The van der Waals surface area contributed by atoms with Crippen LogP contribution in [-0.2, 0) is 9.59 Å². The Bertz CT molecular complexity index is 527. The van der Waals surface area contributed by atoms with Gasteiger partial charge in [0.05, 0.1) is 12.5 Å². The first-order chi connectivity index (χ1) is 11.6. The van der Waals surface area contributed by atoms with Gasteiger partial charge in [-0.2, -0.15) is 0 Å². The van der Waals surface area contributed by atoms with Gasteiger partial charge in [-0.15, -0.1) is 0 Å². The summed E-state index contributed by atoms with van der Waals surface area (Å²) in [6.07, 6.45) is 5.99. The van der Waals surface area contributed by atoms with Gasteiger partial charge in [0.25, 0.3) is 0 Å². The van der Waals surface area contributed by atoms with Gasteiger partial charge in [0.15, 0.2) is 0 Å². The number of aliphatic hydroxyl groups is 1. The molecule has 1 aliphatic rings. The van der Waals surface area contributed by atoms with E-state index in [2.05, 4.69) is 10.6 Å². The van der Waals surface area contributed by atoms with Crippen molar-refractivity contribution in [2.45, 2.75) is 51.0 Å². The molecule has 1 unspecified atom stereocenters. The van der Waals surface area contributed by atoms with Gasteiger partial charge in [0, 0.05) is 6.54 Å². The minimum absolute atomic E-state index is 0.256. The number of hydrogen-bond donors (Lipinski definition) is 3. The predicted octanol–water partition coefficient (Wildman–Crippen LogP) is 1.96. The van der Waals surface area contributed by atoms with Crippen LogP contribution < -0.4 is 10.6 Å². The summed E-state index contributed by atoms with van der Waals surface area (Å²) in [4.78, 5) is 24.5. The Morgan fingerprint density at radius 3 is 2.42 bits per heavy atom. The van der Waals surface area contributed by atoms with E-state index in [9.17, 15) is 14.7 Å². The van der Waals surface area contributed by atoms with E-state index >= 15 is 0 Å². The molecule has 2 atom stereocenters. The van der Waals surface area contributed by atoms with E-state index < -0.39 is 12.6 Å². The molecule has 1 saturated carbocycles. The quantitative estimate of drug-likeness (QED) is 0.714. The molecule has 0 radical (unpaired) electrons. The van der Waals surface area contributed by atoms with Gasteiger partial charge >= 0.3 is 0 Å². The lowest BCUT2D eigenvalue weighted by Gasteiger charge is -2.24. The van der Waals surface area contributed by atoms with Gasteiger partial charge in [-0.3, -0.25) is 9.59 Å². The lowest BCUT2D eigenvalue weighted by atomic mass is 9.89. The summed E-state index contributed by atoms with van der Waals surface area (Å²) in [5.74, 6) is -0.419. The number of nitrogens with one attached hydrogen (secondary N) is 2. The third-order valence-corrected chi connectivity index (χ3v) is 4.80. The molecule has 2 rings (SSSR count). The molecule has 5 nitrogen and oxygen atoms in total. The van der Waals surface area contributed by atoms with E-state index in [1.807, 2.05) is 30.3 Å². The molecule has 24 heavy (non-hydrogen) atoms. The fourth-order valence-electron chi connectivity index (χ4n) is 3.14. The second kappa shape index (κ2) is 9.42. The molecule has 1 aromatic rings. The second-order valence-electron chi connectivity index (χ2n) is 6.63. The molecule has 1 aliphatic carbocycles. The van der Waals surface area contributed by atoms with E-state index in [-0.39, 0.29) is 17.7 Å². The molecule has 3 N–H and O–H groups in total. The smallest absolute Gasteiger partial charge is 0.244 e. The average molecular weight is 332 g/mol. The Balaban J connectivity index is 1.83. The maximum Gasteiger partial charge on any atom is 0.244 e. The molecule has 0 spiro atoms. The van der Waals surface area contributed by atoms with Gasteiger partial charge in [-0.25, -0.2) is 0 Å². The first kappa shape index (κ1) is 18.5. The second-order valence-corrected chi connectivity index (χ2v) is 6.63. The summed E-state index contributed by atoms with van der Waals surface area (Å²) in [6.45, 7) is 2.02. The number of amides is 2. The summed E-state index contributed by atoms with van der Waals surface area (Å²) in [6, 6.07) is 8.50. The van der Waals surface area contributed by atoms with Crippen molar-refractivity contribution in [3.63, 3.8) is 0 Å². The summed E-state index contributed by atoms with van der Waals surface area (Å²) in [5, 5.41) is 15.0.